The van der Waals surface area contributed by atoms with Crippen molar-refractivity contribution in [1.29, 1.82) is 0 Å². The highest BCUT2D eigenvalue weighted by Gasteiger charge is 2.44. The molecular formula is C20H22F2N4O4S. The molecule has 1 aliphatic carbocycles. The molecule has 3 heterocycles. The molecule has 0 radical (unpaired) electrons. The van der Waals surface area contributed by atoms with Crippen LogP contribution >= 0.6 is 0 Å². The van der Waals surface area contributed by atoms with Crippen molar-refractivity contribution in [2.75, 3.05) is 30.9 Å². The maximum Gasteiger partial charge on any atom is 0.290 e. The van der Waals surface area contributed by atoms with E-state index < -0.39 is 22.0 Å². The Hall–Kier alpha value is -2.37. The first-order valence-electron chi connectivity index (χ1n) is 10.1. The Morgan fingerprint density at radius 2 is 2.06 bits per heavy atom. The molecule has 0 amide bonds. The van der Waals surface area contributed by atoms with Crippen molar-refractivity contribution >= 4 is 16.0 Å². The van der Waals surface area contributed by atoms with Gasteiger partial charge in [-0.25, -0.2) is 23.1 Å². The molecule has 0 saturated carbocycles. The van der Waals surface area contributed by atoms with Crippen molar-refractivity contribution in [3.63, 3.8) is 0 Å². The summed E-state index contributed by atoms with van der Waals surface area (Å²) in [5.41, 5.74) is 2.73. The number of aliphatic hydroxyl groups excluding tert-OH is 1. The highest BCUT2D eigenvalue weighted by Crippen LogP contribution is 2.45. The van der Waals surface area contributed by atoms with E-state index in [1.54, 1.807) is 11.0 Å². The average Bonchev–Trinajstić information content (AvgIpc) is 3.26. The number of halogens is 2. The maximum absolute atomic E-state index is 14.6. The van der Waals surface area contributed by atoms with Gasteiger partial charge in [0.15, 0.2) is 0 Å². The number of hydrogen-bond acceptors (Lipinski definition) is 7. The van der Waals surface area contributed by atoms with Crippen LogP contribution in [0.15, 0.2) is 12.1 Å². The van der Waals surface area contributed by atoms with E-state index in [1.807, 2.05) is 6.07 Å². The Balaban J connectivity index is 1.63. The number of hydrogen-bond donors (Lipinski definition) is 2. The highest BCUT2D eigenvalue weighted by atomic mass is 32.2. The zero-order chi connectivity index (χ0) is 22.0. The van der Waals surface area contributed by atoms with Gasteiger partial charge in [0.25, 0.3) is 5.92 Å². The first kappa shape index (κ1) is 20.5. The standard InChI is InChI=1S/C20H22F2N4O4S/c1-31(28,29)23-8-13-7-12(6-11-3-5-30-17(11)13)16-15-2-4-20(21,22)18(15)25-19(24-16)26-9-14(27)10-26/h6-7,14,23,27H,2-5,8-10H2,1H3. The van der Waals surface area contributed by atoms with Gasteiger partial charge in [0.1, 0.15) is 11.4 Å². The molecular weight excluding hydrogens is 430 g/mol. The minimum atomic E-state index is -3.42. The van der Waals surface area contributed by atoms with Crippen LogP contribution in [-0.2, 0) is 35.3 Å². The van der Waals surface area contributed by atoms with E-state index in [2.05, 4.69) is 14.7 Å². The average molecular weight is 452 g/mol. The Kier molecular flexibility index (Phi) is 4.68. The molecule has 31 heavy (non-hydrogen) atoms. The Morgan fingerprint density at radius 3 is 2.77 bits per heavy atom. The van der Waals surface area contributed by atoms with Gasteiger partial charge >= 0.3 is 0 Å². The number of ether oxygens (including phenoxy) is 1. The molecule has 0 unspecified atom stereocenters. The van der Waals surface area contributed by atoms with Crippen LogP contribution in [0, 0.1) is 0 Å². The minimum Gasteiger partial charge on any atom is -0.493 e. The lowest BCUT2D eigenvalue weighted by atomic mass is 9.98. The molecule has 5 rings (SSSR count). The fourth-order valence-electron chi connectivity index (χ4n) is 4.28. The van der Waals surface area contributed by atoms with Gasteiger partial charge in [-0.1, -0.05) is 0 Å². The van der Waals surface area contributed by atoms with Gasteiger partial charge < -0.3 is 14.7 Å². The first-order chi connectivity index (χ1) is 14.6. The van der Waals surface area contributed by atoms with Gasteiger partial charge in [0.05, 0.1) is 24.7 Å². The van der Waals surface area contributed by atoms with Crippen LogP contribution < -0.4 is 14.4 Å². The Labute approximate surface area is 178 Å². The number of sulfonamides is 1. The van der Waals surface area contributed by atoms with E-state index in [4.69, 9.17) is 4.74 Å². The second-order valence-electron chi connectivity index (χ2n) is 8.28. The topological polar surface area (TPSA) is 105 Å². The molecule has 11 heteroatoms. The van der Waals surface area contributed by atoms with E-state index in [9.17, 15) is 22.3 Å². The molecule has 0 spiro atoms. The lowest BCUT2D eigenvalue weighted by Gasteiger charge is -2.36. The van der Waals surface area contributed by atoms with Crippen LogP contribution in [0.3, 0.4) is 0 Å². The summed E-state index contributed by atoms with van der Waals surface area (Å²) in [7, 11) is -3.42. The molecule has 1 aromatic heterocycles. The minimum absolute atomic E-state index is 0.0314. The predicted octanol–water partition coefficient (Wildman–Crippen LogP) is 1.35. The van der Waals surface area contributed by atoms with Crippen LogP contribution in [-0.4, -0.2) is 55.5 Å². The SMILES string of the molecule is CS(=O)(=O)NCc1cc(-c2nc(N3CC(O)C3)nc3c2CCC3(F)F)cc2c1OCC2. The summed E-state index contributed by atoms with van der Waals surface area (Å²) >= 11 is 0. The number of anilines is 1. The number of fused-ring (bicyclic) bond motifs is 2. The number of nitrogens with one attached hydrogen (secondary N) is 1. The molecule has 1 aromatic carbocycles. The lowest BCUT2D eigenvalue weighted by molar-refractivity contribution is -0.00597. The summed E-state index contributed by atoms with van der Waals surface area (Å²) in [6.45, 7) is 1.10. The van der Waals surface area contributed by atoms with Crippen molar-refractivity contribution in [2.24, 2.45) is 0 Å². The van der Waals surface area contributed by atoms with Crippen LogP contribution in [0.25, 0.3) is 11.3 Å². The second kappa shape index (κ2) is 7.07. The summed E-state index contributed by atoms with van der Waals surface area (Å²) in [5.74, 6) is -2.23. The van der Waals surface area contributed by atoms with Gasteiger partial charge in [0, 0.05) is 49.2 Å². The number of rotatable bonds is 5. The summed E-state index contributed by atoms with van der Waals surface area (Å²) < 4.78 is 60.5. The van der Waals surface area contributed by atoms with E-state index >= 15 is 0 Å². The third kappa shape index (κ3) is 3.74. The predicted molar refractivity (Wildman–Crippen MR) is 109 cm³/mol. The van der Waals surface area contributed by atoms with Crippen molar-refractivity contribution in [3.8, 4) is 17.0 Å². The molecule has 2 N–H and O–H groups in total. The molecule has 2 aliphatic heterocycles. The van der Waals surface area contributed by atoms with Crippen molar-refractivity contribution in [3.05, 3.63) is 34.5 Å². The monoisotopic (exact) mass is 452 g/mol. The Morgan fingerprint density at radius 1 is 1.29 bits per heavy atom. The number of aromatic nitrogens is 2. The van der Waals surface area contributed by atoms with E-state index in [0.717, 1.165) is 11.8 Å². The van der Waals surface area contributed by atoms with Crippen molar-refractivity contribution in [2.45, 2.75) is 37.8 Å². The normalized spacial score (nSPS) is 19.7. The fraction of sp³-hybridized carbons (Fsp3) is 0.500. The first-order valence-corrected chi connectivity index (χ1v) is 12.0. The Bertz CT molecular complexity index is 1170. The van der Waals surface area contributed by atoms with E-state index in [0.29, 0.717) is 54.3 Å². The van der Waals surface area contributed by atoms with Gasteiger partial charge in [0.2, 0.25) is 16.0 Å². The quantitative estimate of drug-likeness (QED) is 0.706. The number of benzene rings is 1. The van der Waals surface area contributed by atoms with Crippen LogP contribution in [0.1, 0.15) is 28.8 Å². The van der Waals surface area contributed by atoms with Crippen LogP contribution in [0.4, 0.5) is 14.7 Å². The van der Waals surface area contributed by atoms with Crippen LogP contribution in [0.2, 0.25) is 0 Å². The van der Waals surface area contributed by atoms with Gasteiger partial charge in [-0.3, -0.25) is 0 Å². The molecule has 8 nitrogen and oxygen atoms in total. The smallest absolute Gasteiger partial charge is 0.290 e. The number of alkyl halides is 2. The maximum atomic E-state index is 14.6. The fourth-order valence-corrected chi connectivity index (χ4v) is 4.69. The highest BCUT2D eigenvalue weighted by molar-refractivity contribution is 7.88. The van der Waals surface area contributed by atoms with Gasteiger partial charge in [-0.2, -0.15) is 8.78 Å². The molecule has 166 valence electrons. The van der Waals surface area contributed by atoms with Gasteiger partial charge in [-0.05, 0) is 24.1 Å². The number of β-amino-alcohol motifs (C(OH)–C–C–N with tert-alkyl or cyclic N) is 1. The molecule has 1 fully saturated rings. The van der Waals surface area contributed by atoms with E-state index in [-0.39, 0.29) is 31.0 Å². The molecule has 0 atom stereocenters. The third-order valence-electron chi connectivity index (χ3n) is 5.83. The third-order valence-corrected chi connectivity index (χ3v) is 6.50. The largest absolute Gasteiger partial charge is 0.493 e. The summed E-state index contributed by atoms with van der Waals surface area (Å²) in [4.78, 5) is 10.4. The molecule has 3 aliphatic rings. The number of aliphatic hydroxyl groups is 1. The molecule has 2 aromatic rings. The lowest BCUT2D eigenvalue weighted by Crippen LogP contribution is -2.51. The summed E-state index contributed by atoms with van der Waals surface area (Å²) in [6.07, 6.45) is 1.03. The van der Waals surface area contributed by atoms with E-state index in [1.165, 1.54) is 0 Å². The number of nitrogens with zero attached hydrogens (tertiary/aromatic N) is 3. The second-order valence-corrected chi connectivity index (χ2v) is 10.1. The zero-order valence-corrected chi connectivity index (χ0v) is 17.7. The summed E-state index contributed by atoms with van der Waals surface area (Å²) in [5, 5.41) is 9.61. The summed E-state index contributed by atoms with van der Waals surface area (Å²) in [6, 6.07) is 3.62. The van der Waals surface area contributed by atoms with Gasteiger partial charge in [-0.15, -0.1) is 0 Å². The molecule has 0 bridgehead atoms. The zero-order valence-electron chi connectivity index (χ0n) is 16.9. The van der Waals surface area contributed by atoms with Crippen molar-refractivity contribution in [1.82, 2.24) is 14.7 Å². The molecule has 1 saturated heterocycles. The van der Waals surface area contributed by atoms with Crippen molar-refractivity contribution < 1.29 is 27.0 Å². The van der Waals surface area contributed by atoms with Crippen LogP contribution in [0.5, 0.6) is 5.75 Å².